The largest absolute Gasteiger partial charge is 0.198 e. The molecule has 0 saturated heterocycles. The van der Waals surface area contributed by atoms with Crippen molar-refractivity contribution >= 4 is 22.9 Å². The van der Waals surface area contributed by atoms with Gasteiger partial charge >= 0.3 is 0 Å². The highest BCUT2D eigenvalue weighted by atomic mass is 35.5. The van der Waals surface area contributed by atoms with E-state index in [1.807, 2.05) is 17.5 Å². The molecule has 1 aromatic rings. The fourth-order valence-corrected chi connectivity index (χ4v) is 2.00. The summed E-state index contributed by atoms with van der Waals surface area (Å²) in [5, 5.41) is 10.8. The average Bonchev–Trinajstić information content (AvgIpc) is 2.59. The fourth-order valence-electron chi connectivity index (χ4n) is 1.04. The molecule has 0 aliphatic rings. The standard InChI is InChI=1S/C9H10ClNS/c10-5-1-3-8(7-11)9-4-2-6-12-9/h2,4,6,8H,1,3,5H2. The molecule has 3 heteroatoms. The van der Waals surface area contributed by atoms with Gasteiger partial charge in [-0.15, -0.1) is 22.9 Å². The lowest BCUT2D eigenvalue weighted by atomic mass is 10.0. The molecule has 1 heterocycles. The lowest BCUT2D eigenvalue weighted by molar-refractivity contribution is 0.741. The van der Waals surface area contributed by atoms with Crippen molar-refractivity contribution in [3.63, 3.8) is 0 Å². The quantitative estimate of drug-likeness (QED) is 0.683. The van der Waals surface area contributed by atoms with Gasteiger partial charge in [0.05, 0.1) is 12.0 Å². The van der Waals surface area contributed by atoms with Crippen molar-refractivity contribution in [2.75, 3.05) is 5.88 Å². The van der Waals surface area contributed by atoms with E-state index >= 15 is 0 Å². The first-order valence-corrected chi connectivity index (χ1v) is 5.29. The second kappa shape index (κ2) is 5.18. The highest BCUT2D eigenvalue weighted by Gasteiger charge is 2.09. The van der Waals surface area contributed by atoms with E-state index < -0.39 is 0 Å². The van der Waals surface area contributed by atoms with E-state index in [2.05, 4.69) is 6.07 Å². The Hall–Kier alpha value is -0.520. The topological polar surface area (TPSA) is 23.8 Å². The Morgan fingerprint density at radius 2 is 2.50 bits per heavy atom. The van der Waals surface area contributed by atoms with Gasteiger partial charge in [-0.2, -0.15) is 5.26 Å². The van der Waals surface area contributed by atoms with Crippen LogP contribution in [0.4, 0.5) is 0 Å². The Morgan fingerprint density at radius 3 is 3.00 bits per heavy atom. The van der Waals surface area contributed by atoms with Crippen molar-refractivity contribution in [3.05, 3.63) is 22.4 Å². The van der Waals surface area contributed by atoms with Crippen LogP contribution in [0.25, 0.3) is 0 Å². The van der Waals surface area contributed by atoms with Crippen molar-refractivity contribution in [1.82, 2.24) is 0 Å². The number of nitrogens with zero attached hydrogens (tertiary/aromatic N) is 1. The molecule has 0 spiro atoms. The van der Waals surface area contributed by atoms with Crippen LogP contribution < -0.4 is 0 Å². The molecule has 12 heavy (non-hydrogen) atoms. The van der Waals surface area contributed by atoms with Gasteiger partial charge in [0.2, 0.25) is 0 Å². The maximum atomic E-state index is 8.84. The summed E-state index contributed by atoms with van der Waals surface area (Å²) in [7, 11) is 0. The molecule has 1 aromatic heterocycles. The third-order valence-electron chi connectivity index (χ3n) is 1.67. The first-order chi connectivity index (χ1) is 5.88. The molecule has 1 atom stereocenters. The maximum Gasteiger partial charge on any atom is 0.0806 e. The molecule has 0 fully saturated rings. The van der Waals surface area contributed by atoms with Crippen molar-refractivity contribution in [2.45, 2.75) is 18.8 Å². The van der Waals surface area contributed by atoms with Crippen LogP contribution in [0, 0.1) is 11.3 Å². The minimum absolute atomic E-state index is 0.0451. The summed E-state index contributed by atoms with van der Waals surface area (Å²) in [5.74, 6) is 0.688. The molecule has 0 aromatic carbocycles. The van der Waals surface area contributed by atoms with E-state index in [-0.39, 0.29) is 5.92 Å². The molecule has 1 nitrogen and oxygen atoms in total. The summed E-state index contributed by atoms with van der Waals surface area (Å²) >= 11 is 7.20. The Kier molecular flexibility index (Phi) is 4.13. The summed E-state index contributed by atoms with van der Waals surface area (Å²) in [6.45, 7) is 0. The van der Waals surface area contributed by atoms with Gasteiger partial charge in [-0.05, 0) is 24.3 Å². The first kappa shape index (κ1) is 9.57. The highest BCUT2D eigenvalue weighted by Crippen LogP contribution is 2.24. The third-order valence-corrected chi connectivity index (χ3v) is 2.92. The first-order valence-electron chi connectivity index (χ1n) is 3.87. The highest BCUT2D eigenvalue weighted by molar-refractivity contribution is 7.10. The summed E-state index contributed by atoms with van der Waals surface area (Å²) in [6.07, 6.45) is 1.79. The minimum atomic E-state index is 0.0451. The Labute approximate surface area is 81.6 Å². The van der Waals surface area contributed by atoms with Gasteiger partial charge < -0.3 is 0 Å². The van der Waals surface area contributed by atoms with Gasteiger partial charge in [0.1, 0.15) is 0 Å². The van der Waals surface area contributed by atoms with E-state index in [0.29, 0.717) is 5.88 Å². The monoisotopic (exact) mass is 199 g/mol. The minimum Gasteiger partial charge on any atom is -0.198 e. The third kappa shape index (κ3) is 2.51. The van der Waals surface area contributed by atoms with E-state index in [1.54, 1.807) is 11.3 Å². The number of hydrogen-bond acceptors (Lipinski definition) is 2. The molecule has 64 valence electrons. The second-order valence-corrected chi connectivity index (χ2v) is 3.89. The van der Waals surface area contributed by atoms with Gasteiger partial charge in [0, 0.05) is 10.8 Å². The van der Waals surface area contributed by atoms with Crippen LogP contribution in [-0.2, 0) is 0 Å². The average molecular weight is 200 g/mol. The van der Waals surface area contributed by atoms with E-state index in [9.17, 15) is 0 Å². The maximum absolute atomic E-state index is 8.84. The van der Waals surface area contributed by atoms with Crippen LogP contribution in [0.15, 0.2) is 17.5 Å². The number of halogens is 1. The summed E-state index contributed by atoms with van der Waals surface area (Å²) in [4.78, 5) is 1.16. The van der Waals surface area contributed by atoms with Crippen LogP contribution >= 0.6 is 22.9 Å². The van der Waals surface area contributed by atoms with Crippen LogP contribution in [0.2, 0.25) is 0 Å². The van der Waals surface area contributed by atoms with Gasteiger partial charge in [-0.25, -0.2) is 0 Å². The number of alkyl halides is 1. The lowest BCUT2D eigenvalue weighted by Gasteiger charge is -2.03. The Morgan fingerprint density at radius 1 is 1.67 bits per heavy atom. The number of hydrogen-bond donors (Lipinski definition) is 0. The number of rotatable bonds is 4. The molecule has 0 saturated carbocycles. The van der Waals surface area contributed by atoms with Crippen LogP contribution in [-0.4, -0.2) is 5.88 Å². The predicted octanol–water partition coefficient (Wildman–Crippen LogP) is 3.37. The molecule has 0 bridgehead atoms. The van der Waals surface area contributed by atoms with Gasteiger partial charge in [-0.1, -0.05) is 6.07 Å². The zero-order chi connectivity index (χ0) is 8.81. The molecule has 0 aliphatic heterocycles. The Balaban J connectivity index is 2.53. The van der Waals surface area contributed by atoms with Crippen LogP contribution in [0.3, 0.4) is 0 Å². The molecule has 0 N–H and O–H groups in total. The van der Waals surface area contributed by atoms with E-state index in [0.717, 1.165) is 17.7 Å². The molecule has 1 unspecified atom stereocenters. The molecular formula is C9H10ClNS. The smallest absolute Gasteiger partial charge is 0.0806 e. The molecule has 0 amide bonds. The Bertz CT molecular complexity index is 250. The van der Waals surface area contributed by atoms with Crippen molar-refractivity contribution in [3.8, 4) is 6.07 Å². The number of thiophene rings is 1. The van der Waals surface area contributed by atoms with Gasteiger partial charge in [0.15, 0.2) is 0 Å². The normalized spacial score (nSPS) is 12.3. The second-order valence-electron chi connectivity index (χ2n) is 2.53. The van der Waals surface area contributed by atoms with Gasteiger partial charge in [-0.3, -0.25) is 0 Å². The molecule has 0 radical (unpaired) electrons. The SMILES string of the molecule is N#CC(CCCCl)c1cccs1. The molecular weight excluding hydrogens is 190 g/mol. The molecule has 1 rings (SSSR count). The lowest BCUT2D eigenvalue weighted by Crippen LogP contribution is -1.92. The predicted molar refractivity (Wildman–Crippen MR) is 52.6 cm³/mol. The molecule has 0 aliphatic carbocycles. The van der Waals surface area contributed by atoms with Crippen molar-refractivity contribution < 1.29 is 0 Å². The van der Waals surface area contributed by atoms with Crippen LogP contribution in [0.1, 0.15) is 23.6 Å². The van der Waals surface area contributed by atoms with Crippen molar-refractivity contribution in [1.29, 1.82) is 5.26 Å². The van der Waals surface area contributed by atoms with E-state index in [1.165, 1.54) is 0 Å². The van der Waals surface area contributed by atoms with Crippen molar-refractivity contribution in [2.24, 2.45) is 0 Å². The summed E-state index contributed by atoms with van der Waals surface area (Å²) in [6, 6.07) is 6.27. The fraction of sp³-hybridized carbons (Fsp3) is 0.444. The zero-order valence-corrected chi connectivity index (χ0v) is 8.24. The van der Waals surface area contributed by atoms with E-state index in [4.69, 9.17) is 16.9 Å². The zero-order valence-electron chi connectivity index (χ0n) is 6.66. The number of nitriles is 1. The summed E-state index contributed by atoms with van der Waals surface area (Å²) in [5.41, 5.74) is 0. The van der Waals surface area contributed by atoms with Crippen LogP contribution in [0.5, 0.6) is 0 Å². The summed E-state index contributed by atoms with van der Waals surface area (Å²) < 4.78 is 0. The van der Waals surface area contributed by atoms with Gasteiger partial charge in [0.25, 0.3) is 0 Å².